The Morgan fingerprint density at radius 3 is 1.77 bits per heavy atom. The maximum absolute atomic E-state index is 2.54. The van der Waals surface area contributed by atoms with E-state index in [1.165, 1.54) is 92.6 Å². The highest BCUT2D eigenvalue weighted by molar-refractivity contribution is 7.26. The minimum absolute atomic E-state index is 0.146. The molecule has 0 spiro atoms. The van der Waals surface area contributed by atoms with E-state index in [1.54, 1.807) is 0 Å². The number of thiophene rings is 1. The van der Waals surface area contributed by atoms with Crippen molar-refractivity contribution in [2.45, 2.75) is 24.7 Å². The van der Waals surface area contributed by atoms with Crippen LogP contribution in [0.2, 0.25) is 0 Å². The third-order valence-electron chi connectivity index (χ3n) is 13.3. The smallest absolute Gasteiger partial charge is 0.0714 e. The van der Waals surface area contributed by atoms with E-state index < -0.39 is 5.41 Å². The van der Waals surface area contributed by atoms with Crippen LogP contribution in [0.3, 0.4) is 0 Å². The first-order chi connectivity index (χ1) is 29.5. The molecule has 0 bridgehead atoms. The Morgan fingerprint density at radius 1 is 0.400 bits per heavy atom. The second-order valence-corrected chi connectivity index (χ2v) is 17.9. The number of benzene rings is 9. The van der Waals surface area contributed by atoms with Gasteiger partial charge in [0, 0.05) is 37.0 Å². The van der Waals surface area contributed by atoms with Crippen molar-refractivity contribution in [2.24, 2.45) is 0 Å². The molecule has 9 aromatic carbocycles. The lowest BCUT2D eigenvalue weighted by molar-refractivity contribution is 0.660. The van der Waals surface area contributed by atoms with Crippen LogP contribution >= 0.6 is 11.3 Å². The minimum atomic E-state index is -0.511. The molecule has 0 atom stereocenters. The Morgan fingerprint density at radius 2 is 0.983 bits per heavy atom. The molecule has 10 aromatic rings. The maximum atomic E-state index is 2.54. The number of rotatable bonds is 6. The van der Waals surface area contributed by atoms with Crippen LogP contribution in [0.15, 0.2) is 212 Å². The molecule has 0 aliphatic heterocycles. The van der Waals surface area contributed by atoms with E-state index in [2.05, 4.69) is 231 Å². The van der Waals surface area contributed by atoms with Crippen molar-refractivity contribution in [1.82, 2.24) is 0 Å². The van der Waals surface area contributed by atoms with Crippen molar-refractivity contribution < 1.29 is 0 Å². The van der Waals surface area contributed by atoms with Crippen molar-refractivity contribution in [3.8, 4) is 33.4 Å². The van der Waals surface area contributed by atoms with Gasteiger partial charge in [0.15, 0.2) is 0 Å². The molecule has 0 saturated carbocycles. The Bertz CT molecular complexity index is 3250. The zero-order valence-corrected chi connectivity index (χ0v) is 34.4. The van der Waals surface area contributed by atoms with Gasteiger partial charge < -0.3 is 4.90 Å². The molecule has 60 heavy (non-hydrogen) atoms. The van der Waals surface area contributed by atoms with Gasteiger partial charge in [-0.15, -0.1) is 11.3 Å². The zero-order valence-electron chi connectivity index (χ0n) is 33.6. The summed E-state index contributed by atoms with van der Waals surface area (Å²) in [5, 5.41) is 2.57. The highest BCUT2D eigenvalue weighted by atomic mass is 32.1. The van der Waals surface area contributed by atoms with Gasteiger partial charge in [-0.25, -0.2) is 0 Å². The van der Waals surface area contributed by atoms with Crippen LogP contribution in [0.4, 0.5) is 17.1 Å². The first-order valence-electron chi connectivity index (χ1n) is 20.9. The number of anilines is 3. The van der Waals surface area contributed by atoms with Gasteiger partial charge in [0.2, 0.25) is 0 Å². The van der Waals surface area contributed by atoms with E-state index in [9.17, 15) is 0 Å². The molecule has 1 heterocycles. The second-order valence-electron chi connectivity index (χ2n) is 16.8. The molecule has 12 rings (SSSR count). The van der Waals surface area contributed by atoms with Crippen molar-refractivity contribution in [3.05, 3.63) is 246 Å². The van der Waals surface area contributed by atoms with E-state index in [4.69, 9.17) is 0 Å². The summed E-state index contributed by atoms with van der Waals surface area (Å²) in [6.07, 6.45) is 0. The van der Waals surface area contributed by atoms with Gasteiger partial charge in [0.1, 0.15) is 0 Å². The van der Waals surface area contributed by atoms with Crippen molar-refractivity contribution >= 4 is 48.6 Å². The third kappa shape index (κ3) is 4.92. The summed E-state index contributed by atoms with van der Waals surface area (Å²) in [5.74, 6) is 0. The second kappa shape index (κ2) is 13.3. The molecule has 2 heteroatoms. The lowest BCUT2D eigenvalue weighted by Crippen LogP contribution is -2.28. The van der Waals surface area contributed by atoms with Crippen LogP contribution in [0.1, 0.15) is 47.2 Å². The molecular weight excluding hydrogens is 743 g/mol. The van der Waals surface area contributed by atoms with E-state index in [0.717, 1.165) is 11.4 Å². The molecule has 284 valence electrons. The summed E-state index contributed by atoms with van der Waals surface area (Å²) >= 11 is 1.87. The number of hydrogen-bond donors (Lipinski definition) is 0. The molecule has 1 nitrogen and oxygen atoms in total. The highest BCUT2D eigenvalue weighted by Gasteiger charge is 2.46. The number of hydrogen-bond acceptors (Lipinski definition) is 2. The van der Waals surface area contributed by atoms with Gasteiger partial charge in [-0.05, 0) is 109 Å². The molecule has 0 saturated heterocycles. The van der Waals surface area contributed by atoms with Crippen LogP contribution in [0, 0.1) is 0 Å². The first kappa shape index (κ1) is 35.0. The Hall–Kier alpha value is -7.00. The summed E-state index contributed by atoms with van der Waals surface area (Å²) in [6, 6.07) is 79.3. The van der Waals surface area contributed by atoms with Crippen molar-refractivity contribution in [2.75, 3.05) is 4.90 Å². The monoisotopic (exact) mass is 783 g/mol. The van der Waals surface area contributed by atoms with Crippen LogP contribution < -0.4 is 4.90 Å². The molecule has 2 aliphatic rings. The predicted molar refractivity (Wildman–Crippen MR) is 254 cm³/mol. The quantitative estimate of drug-likeness (QED) is 0.162. The lowest BCUT2D eigenvalue weighted by atomic mass is 9.67. The van der Waals surface area contributed by atoms with Crippen molar-refractivity contribution in [3.63, 3.8) is 0 Å². The fourth-order valence-corrected chi connectivity index (χ4v) is 11.9. The van der Waals surface area contributed by atoms with Crippen LogP contribution in [0.25, 0.3) is 53.6 Å². The maximum Gasteiger partial charge on any atom is 0.0714 e. The molecule has 0 radical (unpaired) electrons. The third-order valence-corrected chi connectivity index (χ3v) is 14.5. The fraction of sp³-hybridized carbons (Fsp3) is 0.0690. The van der Waals surface area contributed by atoms with Gasteiger partial charge in [-0.3, -0.25) is 0 Å². The summed E-state index contributed by atoms with van der Waals surface area (Å²) in [6.45, 7) is 4.76. The van der Waals surface area contributed by atoms with Gasteiger partial charge in [0.05, 0.1) is 11.1 Å². The van der Waals surface area contributed by atoms with Gasteiger partial charge >= 0.3 is 0 Å². The van der Waals surface area contributed by atoms with E-state index >= 15 is 0 Å². The standard InChI is InChI=1S/C58H41NS/c1-57(2)48-35-33-41(36-47(48)55-43(26-16-28-50(55)57)38-18-6-3-7-19-38)59(52-29-17-31-54-56(52)46-25-13-15-30-53(46)60-54)42-32-34-45-44-24-12-14-27-49(44)58(51(45)37-42,39-20-8-4-9-21-39)40-22-10-5-11-23-40/h3-37H,1-2H3. The van der Waals surface area contributed by atoms with E-state index in [-0.39, 0.29) is 5.41 Å². The molecular formula is C58H41NS. The average molecular weight is 784 g/mol. The summed E-state index contributed by atoms with van der Waals surface area (Å²) < 4.78 is 2.59. The van der Waals surface area contributed by atoms with Crippen molar-refractivity contribution in [1.29, 1.82) is 0 Å². The molecule has 0 N–H and O–H groups in total. The molecule has 0 amide bonds. The minimum Gasteiger partial charge on any atom is -0.310 e. The van der Waals surface area contributed by atoms with Gasteiger partial charge in [-0.1, -0.05) is 184 Å². The van der Waals surface area contributed by atoms with Crippen LogP contribution in [0.5, 0.6) is 0 Å². The number of fused-ring (bicyclic) bond motifs is 9. The fourth-order valence-electron chi connectivity index (χ4n) is 10.7. The topological polar surface area (TPSA) is 3.24 Å². The Balaban J connectivity index is 1.16. The first-order valence-corrected chi connectivity index (χ1v) is 21.7. The Labute approximate surface area is 355 Å². The SMILES string of the molecule is CC1(C)c2ccc(N(c3ccc4c(c3)C(c3ccccc3)(c3ccccc3)c3ccccc3-4)c3cccc4sc5ccccc5c34)cc2-c2c(-c3ccccc3)cccc21. The zero-order chi connectivity index (χ0) is 40.0. The largest absolute Gasteiger partial charge is 0.310 e. The van der Waals surface area contributed by atoms with E-state index in [0.29, 0.717) is 0 Å². The average Bonchev–Trinajstić information content (AvgIpc) is 3.91. The normalized spacial score (nSPS) is 14.1. The highest BCUT2D eigenvalue weighted by Crippen LogP contribution is 2.59. The van der Waals surface area contributed by atoms with E-state index in [1.807, 2.05) is 11.3 Å². The summed E-state index contributed by atoms with van der Waals surface area (Å²) in [5.41, 5.74) is 18.4. The predicted octanol–water partition coefficient (Wildman–Crippen LogP) is 15.9. The summed E-state index contributed by atoms with van der Waals surface area (Å²) in [7, 11) is 0. The molecule has 0 unspecified atom stereocenters. The number of nitrogens with zero attached hydrogens (tertiary/aromatic N) is 1. The van der Waals surface area contributed by atoms with Crippen LogP contribution in [-0.4, -0.2) is 0 Å². The Kier molecular flexibility index (Phi) is 7.73. The van der Waals surface area contributed by atoms with Crippen LogP contribution in [-0.2, 0) is 10.8 Å². The summed E-state index contributed by atoms with van der Waals surface area (Å²) in [4.78, 5) is 2.54. The lowest BCUT2D eigenvalue weighted by Gasteiger charge is -2.35. The molecule has 2 aliphatic carbocycles. The molecule has 1 aromatic heterocycles. The van der Waals surface area contributed by atoms with Gasteiger partial charge in [-0.2, -0.15) is 0 Å². The molecule has 0 fully saturated rings. The van der Waals surface area contributed by atoms with Gasteiger partial charge in [0.25, 0.3) is 0 Å².